The van der Waals surface area contributed by atoms with Crippen LogP contribution in [0.1, 0.15) is 5.56 Å². The third-order valence-corrected chi connectivity index (χ3v) is 3.26. The summed E-state index contributed by atoms with van der Waals surface area (Å²) in [6.07, 6.45) is 1.01. The lowest BCUT2D eigenvalue weighted by atomic mass is 9.70. The van der Waals surface area contributed by atoms with Gasteiger partial charge in [-0.15, -0.1) is 11.8 Å². The molecule has 3 heteroatoms. The molecule has 0 fully saturated rings. The van der Waals surface area contributed by atoms with Gasteiger partial charge >= 0.3 is 0 Å². The Balaban J connectivity index is 2.57. The van der Waals surface area contributed by atoms with Crippen LogP contribution in [-0.2, 0) is 6.42 Å². The highest BCUT2D eigenvalue weighted by Crippen LogP contribution is 2.29. The van der Waals surface area contributed by atoms with Crippen LogP contribution < -0.4 is 5.46 Å². The minimum Gasteiger partial charge on any atom is -0.208 e. The SMILES string of the molecule is C[B]c1c(F)ccc2c1CCS2. The number of hydrogen-bond acceptors (Lipinski definition) is 1. The first-order valence-electron chi connectivity index (χ1n) is 4.06. The monoisotopic (exact) mass is 179 g/mol. The highest BCUT2D eigenvalue weighted by molar-refractivity contribution is 7.99. The summed E-state index contributed by atoms with van der Waals surface area (Å²) in [6.45, 7) is 1.89. The number of hydrogen-bond donors (Lipinski definition) is 0. The zero-order valence-electron chi connectivity index (χ0n) is 6.93. The summed E-state index contributed by atoms with van der Waals surface area (Å²) in [6, 6.07) is 3.45. The maximum Gasteiger partial charge on any atom is 0.152 e. The third-order valence-electron chi connectivity index (χ3n) is 2.16. The lowest BCUT2D eigenvalue weighted by Gasteiger charge is -2.05. The van der Waals surface area contributed by atoms with E-state index >= 15 is 0 Å². The van der Waals surface area contributed by atoms with Gasteiger partial charge in [0.2, 0.25) is 0 Å². The van der Waals surface area contributed by atoms with Gasteiger partial charge in [-0.05, 0) is 29.6 Å². The van der Waals surface area contributed by atoms with Gasteiger partial charge in [-0.3, -0.25) is 0 Å². The van der Waals surface area contributed by atoms with E-state index in [1.165, 1.54) is 10.5 Å². The Hall–Kier alpha value is -0.435. The molecule has 0 aromatic heterocycles. The van der Waals surface area contributed by atoms with Crippen molar-refractivity contribution in [1.29, 1.82) is 0 Å². The van der Waals surface area contributed by atoms with Gasteiger partial charge in [0.05, 0.1) is 0 Å². The summed E-state index contributed by atoms with van der Waals surface area (Å²) in [5.41, 5.74) is 2.00. The highest BCUT2D eigenvalue weighted by Gasteiger charge is 2.16. The van der Waals surface area contributed by atoms with E-state index in [1.54, 1.807) is 6.07 Å². The molecule has 0 amide bonds. The van der Waals surface area contributed by atoms with Crippen molar-refractivity contribution in [2.75, 3.05) is 5.75 Å². The molecule has 1 aliphatic rings. The summed E-state index contributed by atoms with van der Waals surface area (Å²) in [5.74, 6) is 1.01. The largest absolute Gasteiger partial charge is 0.208 e. The summed E-state index contributed by atoms with van der Waals surface area (Å²) in [5, 5.41) is 0. The first-order valence-corrected chi connectivity index (χ1v) is 5.05. The van der Waals surface area contributed by atoms with E-state index in [0.29, 0.717) is 0 Å². The van der Waals surface area contributed by atoms with Crippen LogP contribution in [0.2, 0.25) is 6.82 Å². The molecule has 0 bridgehead atoms. The van der Waals surface area contributed by atoms with Gasteiger partial charge in [-0.1, -0.05) is 6.82 Å². The zero-order valence-corrected chi connectivity index (χ0v) is 7.75. The molecule has 1 radical (unpaired) electrons. The normalized spacial score (nSPS) is 14.5. The first kappa shape index (κ1) is 8.18. The van der Waals surface area contributed by atoms with Gasteiger partial charge < -0.3 is 0 Å². The average molecular weight is 179 g/mol. The molecular formula is C9H9BFS. The highest BCUT2D eigenvalue weighted by atomic mass is 32.2. The molecule has 61 valence electrons. The van der Waals surface area contributed by atoms with Crippen molar-refractivity contribution in [1.82, 2.24) is 0 Å². The predicted octanol–water partition coefficient (Wildman–Crippen LogP) is 1.85. The van der Waals surface area contributed by atoms with Crippen LogP contribution >= 0.6 is 11.8 Å². The Morgan fingerprint density at radius 1 is 1.50 bits per heavy atom. The smallest absolute Gasteiger partial charge is 0.152 e. The van der Waals surface area contributed by atoms with Gasteiger partial charge in [0.25, 0.3) is 0 Å². The van der Waals surface area contributed by atoms with E-state index in [-0.39, 0.29) is 5.82 Å². The molecule has 1 heterocycles. The fourth-order valence-corrected chi connectivity index (χ4v) is 2.66. The van der Waals surface area contributed by atoms with Crippen LogP contribution in [0.5, 0.6) is 0 Å². The predicted molar refractivity (Wildman–Crippen MR) is 52.1 cm³/mol. The molecular weight excluding hydrogens is 170 g/mol. The number of thioether (sulfide) groups is 1. The van der Waals surface area contributed by atoms with Crippen molar-refractivity contribution >= 4 is 24.5 Å². The Morgan fingerprint density at radius 3 is 3.08 bits per heavy atom. The molecule has 0 spiro atoms. The summed E-state index contributed by atoms with van der Waals surface area (Å²) >= 11 is 1.82. The molecule has 0 atom stereocenters. The second-order valence-corrected chi connectivity index (χ2v) is 3.96. The lowest BCUT2D eigenvalue weighted by Crippen LogP contribution is -2.20. The summed E-state index contributed by atoms with van der Waals surface area (Å²) < 4.78 is 13.2. The van der Waals surface area contributed by atoms with Crippen LogP contribution in [0.3, 0.4) is 0 Å². The van der Waals surface area contributed by atoms with Crippen molar-refractivity contribution in [2.45, 2.75) is 18.1 Å². The van der Waals surface area contributed by atoms with E-state index < -0.39 is 0 Å². The molecule has 0 aliphatic carbocycles. The van der Waals surface area contributed by atoms with Crippen molar-refractivity contribution in [3.63, 3.8) is 0 Å². The van der Waals surface area contributed by atoms with Crippen LogP contribution in [0.4, 0.5) is 4.39 Å². The topological polar surface area (TPSA) is 0 Å². The second-order valence-electron chi connectivity index (χ2n) is 2.82. The number of fused-ring (bicyclic) bond motifs is 1. The Bertz CT molecular complexity index is 312. The number of rotatable bonds is 1. The van der Waals surface area contributed by atoms with E-state index in [0.717, 1.165) is 17.6 Å². The maximum absolute atomic E-state index is 13.2. The minimum absolute atomic E-state index is 0.0845. The van der Waals surface area contributed by atoms with Crippen molar-refractivity contribution < 1.29 is 4.39 Å². The maximum atomic E-state index is 13.2. The number of halogens is 1. The summed E-state index contributed by atoms with van der Waals surface area (Å²) in [4.78, 5) is 1.25. The van der Waals surface area contributed by atoms with Crippen molar-refractivity contribution in [2.24, 2.45) is 0 Å². The van der Waals surface area contributed by atoms with Gasteiger partial charge in [0.1, 0.15) is 5.82 Å². The standard InChI is InChI=1S/C9H9BFS/c1-10-9-6-4-5-12-8(6)3-2-7(9)11/h2-3H,4-5H2,1H3. The van der Waals surface area contributed by atoms with E-state index in [2.05, 4.69) is 0 Å². The Labute approximate surface area is 76.8 Å². The van der Waals surface area contributed by atoms with Crippen LogP contribution in [-0.4, -0.2) is 13.0 Å². The molecule has 2 rings (SSSR count). The second kappa shape index (κ2) is 3.13. The van der Waals surface area contributed by atoms with Gasteiger partial charge in [0.15, 0.2) is 7.28 Å². The summed E-state index contributed by atoms with van der Waals surface area (Å²) in [7, 11) is 1.86. The van der Waals surface area contributed by atoms with Crippen LogP contribution in [0.25, 0.3) is 0 Å². The average Bonchev–Trinajstić information content (AvgIpc) is 2.52. The third kappa shape index (κ3) is 1.16. The number of benzene rings is 1. The van der Waals surface area contributed by atoms with Gasteiger partial charge in [-0.2, -0.15) is 0 Å². The molecule has 0 saturated heterocycles. The molecule has 1 aliphatic heterocycles. The van der Waals surface area contributed by atoms with E-state index in [1.807, 2.05) is 31.9 Å². The molecule has 12 heavy (non-hydrogen) atoms. The fraction of sp³-hybridized carbons (Fsp3) is 0.333. The fourth-order valence-electron chi connectivity index (χ4n) is 1.58. The van der Waals surface area contributed by atoms with Crippen molar-refractivity contribution in [3.05, 3.63) is 23.5 Å². The van der Waals surface area contributed by atoms with Crippen LogP contribution in [0.15, 0.2) is 17.0 Å². The van der Waals surface area contributed by atoms with Crippen LogP contribution in [0, 0.1) is 5.82 Å². The lowest BCUT2D eigenvalue weighted by molar-refractivity contribution is 0.633. The molecule has 1 aromatic rings. The zero-order chi connectivity index (χ0) is 8.55. The molecule has 0 saturated carbocycles. The van der Waals surface area contributed by atoms with Gasteiger partial charge in [0, 0.05) is 10.6 Å². The van der Waals surface area contributed by atoms with Crippen molar-refractivity contribution in [3.8, 4) is 0 Å². The molecule has 0 N–H and O–H groups in total. The van der Waals surface area contributed by atoms with E-state index in [4.69, 9.17) is 0 Å². The minimum atomic E-state index is -0.0845. The quantitative estimate of drug-likeness (QED) is 0.593. The Morgan fingerprint density at radius 2 is 2.33 bits per heavy atom. The first-order chi connectivity index (χ1) is 5.83. The molecule has 0 nitrogen and oxygen atoms in total. The van der Waals surface area contributed by atoms with Gasteiger partial charge in [-0.25, -0.2) is 4.39 Å². The molecule has 0 unspecified atom stereocenters. The van der Waals surface area contributed by atoms with E-state index in [9.17, 15) is 4.39 Å². The Kier molecular flexibility index (Phi) is 2.13. The molecule has 1 aromatic carbocycles.